The maximum Gasteiger partial charge on any atom is 0.303 e. The summed E-state index contributed by atoms with van der Waals surface area (Å²) < 4.78 is 17.5. The van der Waals surface area contributed by atoms with Crippen LogP contribution in [0.15, 0.2) is 11.1 Å². The fourth-order valence-corrected chi connectivity index (χ4v) is 10.7. The van der Waals surface area contributed by atoms with E-state index < -0.39 is 35.2 Å². The van der Waals surface area contributed by atoms with Crippen LogP contribution in [0.5, 0.6) is 0 Å². The first-order valence-corrected chi connectivity index (χ1v) is 16.6. The number of fused-ring (bicyclic) bond motifs is 5. The largest absolute Gasteiger partial charge is 0.462 e. The third-order valence-corrected chi connectivity index (χ3v) is 12.8. The van der Waals surface area contributed by atoms with Crippen molar-refractivity contribution in [3.8, 4) is 0 Å². The number of hydrogen-bond donors (Lipinski definition) is 1. The van der Waals surface area contributed by atoms with Crippen LogP contribution in [-0.2, 0) is 33.4 Å². The minimum atomic E-state index is -1.43. The van der Waals surface area contributed by atoms with Crippen molar-refractivity contribution in [2.75, 3.05) is 0 Å². The van der Waals surface area contributed by atoms with Crippen LogP contribution >= 0.6 is 0 Å². The van der Waals surface area contributed by atoms with Crippen molar-refractivity contribution < 1.29 is 38.5 Å². The number of allylic oxidation sites excluding steroid dienone is 1. The highest BCUT2D eigenvalue weighted by Crippen LogP contribution is 2.74. The van der Waals surface area contributed by atoms with Crippen molar-refractivity contribution in [3.05, 3.63) is 11.1 Å². The molecule has 4 aliphatic rings. The highest BCUT2D eigenvalue weighted by Gasteiger charge is 2.70. The molecule has 1 N–H and O–H groups in total. The van der Waals surface area contributed by atoms with E-state index in [0.717, 1.165) is 32.1 Å². The smallest absolute Gasteiger partial charge is 0.303 e. The fraction of sp³-hybridized carbons (Fsp3) is 0.833. The zero-order chi connectivity index (χ0) is 33.2. The van der Waals surface area contributed by atoms with Gasteiger partial charge in [0.15, 0.2) is 6.10 Å². The lowest BCUT2D eigenvalue weighted by Gasteiger charge is -2.69. The monoisotopic (exact) mass is 616 g/mol. The van der Waals surface area contributed by atoms with Crippen molar-refractivity contribution in [3.63, 3.8) is 0 Å². The molecule has 0 unspecified atom stereocenters. The van der Waals surface area contributed by atoms with Gasteiger partial charge in [0, 0.05) is 44.9 Å². The van der Waals surface area contributed by atoms with Crippen LogP contribution < -0.4 is 0 Å². The van der Waals surface area contributed by atoms with E-state index in [-0.39, 0.29) is 46.1 Å². The van der Waals surface area contributed by atoms with Gasteiger partial charge in [-0.05, 0) is 80.5 Å². The molecule has 3 saturated carbocycles. The number of carbonyl (C=O) groups is 4. The Morgan fingerprint density at radius 1 is 0.932 bits per heavy atom. The van der Waals surface area contributed by atoms with Crippen LogP contribution in [0.1, 0.15) is 128 Å². The topological polar surface area (TPSA) is 116 Å². The molecule has 9 atom stereocenters. The molecule has 8 nitrogen and oxygen atoms in total. The number of hydrogen-bond acceptors (Lipinski definition) is 8. The number of rotatable bonds is 8. The Morgan fingerprint density at radius 3 is 2.09 bits per heavy atom. The van der Waals surface area contributed by atoms with Crippen LogP contribution in [0.2, 0.25) is 0 Å². The van der Waals surface area contributed by atoms with Crippen LogP contribution in [-0.4, -0.2) is 52.7 Å². The Balaban J connectivity index is 1.77. The van der Waals surface area contributed by atoms with Crippen LogP contribution in [0, 0.1) is 39.4 Å². The molecule has 0 saturated heterocycles. The predicted molar refractivity (Wildman–Crippen MR) is 166 cm³/mol. The summed E-state index contributed by atoms with van der Waals surface area (Å²) in [6.45, 7) is 20.7. The maximum atomic E-state index is 13.1. The van der Waals surface area contributed by atoms with Crippen molar-refractivity contribution >= 4 is 23.7 Å². The molecule has 0 amide bonds. The molecule has 0 aromatic heterocycles. The fourth-order valence-electron chi connectivity index (χ4n) is 10.7. The summed E-state index contributed by atoms with van der Waals surface area (Å²) in [6, 6.07) is 0. The molecule has 3 fully saturated rings. The van der Waals surface area contributed by atoms with E-state index in [2.05, 4.69) is 41.5 Å². The second kappa shape index (κ2) is 11.5. The minimum Gasteiger partial charge on any atom is -0.462 e. The Bertz CT molecular complexity index is 1220. The highest BCUT2D eigenvalue weighted by molar-refractivity contribution is 5.85. The average Bonchev–Trinajstić information content (AvgIpc) is 3.21. The van der Waals surface area contributed by atoms with Gasteiger partial charge in [0.25, 0.3) is 0 Å². The van der Waals surface area contributed by atoms with Crippen LogP contribution in [0.4, 0.5) is 0 Å². The van der Waals surface area contributed by atoms with E-state index in [1.807, 2.05) is 0 Å². The molecular formula is C36H56O8. The summed E-state index contributed by atoms with van der Waals surface area (Å²) in [6.07, 6.45) is 4.00. The van der Waals surface area contributed by atoms with Gasteiger partial charge in [-0.1, -0.05) is 52.7 Å². The van der Waals surface area contributed by atoms with Gasteiger partial charge in [-0.3, -0.25) is 19.2 Å². The summed E-state index contributed by atoms with van der Waals surface area (Å²) in [7, 11) is 0. The molecule has 0 aromatic carbocycles. The minimum absolute atomic E-state index is 0.0344. The van der Waals surface area contributed by atoms with Gasteiger partial charge >= 0.3 is 17.9 Å². The number of carbonyl (C=O) groups excluding carboxylic acids is 4. The number of ketones is 1. The Morgan fingerprint density at radius 2 is 1.55 bits per heavy atom. The molecule has 0 aliphatic heterocycles. The lowest BCUT2D eigenvalue weighted by molar-refractivity contribution is -0.217. The zero-order valence-electron chi connectivity index (χ0n) is 28.9. The molecule has 0 bridgehead atoms. The Labute approximate surface area is 264 Å². The van der Waals surface area contributed by atoms with Gasteiger partial charge in [0.05, 0.1) is 5.60 Å². The second-order valence-electron chi connectivity index (χ2n) is 16.3. The van der Waals surface area contributed by atoms with E-state index in [9.17, 15) is 24.3 Å². The third kappa shape index (κ3) is 5.66. The van der Waals surface area contributed by atoms with E-state index in [1.165, 1.54) is 31.9 Å². The van der Waals surface area contributed by atoms with Crippen molar-refractivity contribution in [2.24, 2.45) is 39.4 Å². The molecule has 248 valence electrons. The first-order valence-electron chi connectivity index (χ1n) is 16.6. The summed E-state index contributed by atoms with van der Waals surface area (Å²) >= 11 is 0. The molecule has 44 heavy (non-hydrogen) atoms. The van der Waals surface area contributed by atoms with Gasteiger partial charge < -0.3 is 19.3 Å². The number of Topliss-reactive ketones (excluding diaryl/α,β-unsaturated/α-hetero) is 1. The summed E-state index contributed by atoms with van der Waals surface area (Å²) in [4.78, 5) is 49.9. The lowest BCUT2D eigenvalue weighted by atomic mass is 9.36. The first-order chi connectivity index (χ1) is 20.1. The standard InChI is InChI=1S/C36H56O8/c1-20(18-27(43-22(3)38)31(33(7,8)41)44-23(4)39)24-12-16-35(10)25(24)19-26(42-21(2)37)30-34(9)15-14-29(40)32(5,6)28(34)13-17-36(30,35)11/h20,26-28,30-31,41H,12-19H2,1-11H3/t20-,26+,27+,28+,30+,31-,34+,35+,36+/m1/s1. The number of esters is 3. The predicted octanol–water partition coefficient (Wildman–Crippen LogP) is 6.51. The van der Waals surface area contributed by atoms with Crippen molar-refractivity contribution in [1.82, 2.24) is 0 Å². The van der Waals surface area contributed by atoms with Crippen LogP contribution in [0.3, 0.4) is 0 Å². The maximum absolute atomic E-state index is 13.1. The summed E-state index contributed by atoms with van der Waals surface area (Å²) in [5.74, 6) is -0.684. The SMILES string of the molecule is CC(=O)O[C@@H](C[C@@H](C)C1=C2C[C@H](OC(C)=O)[C@H]3[C@@]4(C)CCC(=O)C(C)(C)[C@@H]4CC[C@]3(C)[C@@]2(C)CC1)[C@@H](OC(C)=O)C(C)(C)O. The Hall–Kier alpha value is -2.22. The molecule has 0 radical (unpaired) electrons. The summed E-state index contributed by atoms with van der Waals surface area (Å²) in [5.41, 5.74) is 0.362. The van der Waals surface area contributed by atoms with Gasteiger partial charge in [-0.15, -0.1) is 0 Å². The van der Waals surface area contributed by atoms with Crippen molar-refractivity contribution in [2.45, 2.75) is 151 Å². The van der Waals surface area contributed by atoms with Crippen molar-refractivity contribution in [1.29, 1.82) is 0 Å². The van der Waals surface area contributed by atoms with E-state index >= 15 is 0 Å². The van der Waals surface area contributed by atoms with E-state index in [1.54, 1.807) is 13.8 Å². The first kappa shape index (κ1) is 34.6. The normalized spacial score (nSPS) is 36.7. The Kier molecular flexibility index (Phi) is 9.09. The van der Waals surface area contributed by atoms with Gasteiger partial charge in [0.1, 0.15) is 18.0 Å². The number of aliphatic hydroxyl groups is 1. The molecular weight excluding hydrogens is 560 g/mol. The van der Waals surface area contributed by atoms with Gasteiger partial charge in [-0.2, -0.15) is 0 Å². The third-order valence-electron chi connectivity index (χ3n) is 12.8. The lowest BCUT2D eigenvalue weighted by Crippen LogP contribution is -2.66. The number of ether oxygens (including phenoxy) is 3. The van der Waals surface area contributed by atoms with E-state index in [4.69, 9.17) is 14.2 Å². The molecule has 0 aromatic rings. The molecule has 4 aliphatic carbocycles. The molecule has 4 rings (SSSR count). The average molecular weight is 617 g/mol. The highest BCUT2D eigenvalue weighted by atomic mass is 16.6. The molecule has 0 heterocycles. The molecule has 8 heteroatoms. The molecule has 0 spiro atoms. The van der Waals surface area contributed by atoms with Gasteiger partial charge in [-0.25, -0.2) is 0 Å². The quantitative estimate of drug-likeness (QED) is 0.187. The summed E-state index contributed by atoms with van der Waals surface area (Å²) in [5, 5.41) is 10.9. The zero-order valence-corrected chi connectivity index (χ0v) is 28.9. The van der Waals surface area contributed by atoms with Gasteiger partial charge in [0.2, 0.25) is 0 Å². The van der Waals surface area contributed by atoms with E-state index in [0.29, 0.717) is 25.0 Å². The van der Waals surface area contributed by atoms with Crippen LogP contribution in [0.25, 0.3) is 0 Å². The second-order valence-corrected chi connectivity index (χ2v) is 16.3.